The summed E-state index contributed by atoms with van der Waals surface area (Å²) in [6, 6.07) is 6.35. The number of methoxy groups -OCH3 is 2. The van der Waals surface area contributed by atoms with E-state index in [9.17, 15) is 0 Å². The Morgan fingerprint density at radius 1 is 1.14 bits per heavy atom. The Labute approximate surface area is 126 Å². The molecular formula is C17H24N2O2. The molecule has 0 saturated heterocycles. The van der Waals surface area contributed by atoms with Crippen LogP contribution in [-0.2, 0) is 0 Å². The van der Waals surface area contributed by atoms with Crippen molar-refractivity contribution < 1.29 is 9.47 Å². The number of nitrogens with zero attached hydrogens (tertiary/aromatic N) is 1. The van der Waals surface area contributed by atoms with E-state index in [2.05, 4.69) is 31.1 Å². The molecule has 1 heterocycles. The fourth-order valence-corrected chi connectivity index (χ4v) is 2.53. The minimum absolute atomic E-state index is 0.399. The molecule has 1 unspecified atom stereocenters. The van der Waals surface area contributed by atoms with Crippen LogP contribution >= 0.6 is 0 Å². The highest BCUT2D eigenvalue weighted by atomic mass is 16.5. The number of rotatable bonds is 6. The quantitative estimate of drug-likeness (QED) is 0.869. The summed E-state index contributed by atoms with van der Waals surface area (Å²) in [4.78, 5) is 4.50. The second-order valence-electron chi connectivity index (χ2n) is 5.49. The summed E-state index contributed by atoms with van der Waals surface area (Å²) in [7, 11) is 3.30. The van der Waals surface area contributed by atoms with E-state index in [4.69, 9.17) is 9.47 Å². The molecule has 1 atom stereocenters. The molecule has 4 heteroatoms. The zero-order valence-electron chi connectivity index (χ0n) is 13.4. The summed E-state index contributed by atoms with van der Waals surface area (Å²) in [5, 5.41) is 5.69. The Morgan fingerprint density at radius 2 is 1.81 bits per heavy atom. The maximum atomic E-state index is 5.40. The highest BCUT2D eigenvalue weighted by Crippen LogP contribution is 2.34. The molecule has 0 spiro atoms. The highest BCUT2D eigenvalue weighted by molar-refractivity contribution is 5.94. The highest BCUT2D eigenvalue weighted by Gasteiger charge is 2.14. The molecule has 0 amide bonds. The Hall–Kier alpha value is -1.97. The van der Waals surface area contributed by atoms with Crippen LogP contribution in [-0.4, -0.2) is 25.2 Å². The van der Waals surface area contributed by atoms with E-state index in [1.54, 1.807) is 14.2 Å². The van der Waals surface area contributed by atoms with E-state index in [-0.39, 0.29) is 0 Å². The van der Waals surface area contributed by atoms with Crippen LogP contribution in [0.4, 0.5) is 5.82 Å². The third-order valence-electron chi connectivity index (χ3n) is 3.84. The molecule has 114 valence electrons. The largest absolute Gasteiger partial charge is 0.493 e. The van der Waals surface area contributed by atoms with Crippen molar-refractivity contribution in [2.75, 3.05) is 19.5 Å². The Balaban J connectivity index is 2.49. The summed E-state index contributed by atoms with van der Waals surface area (Å²) in [5.74, 6) is 2.90. The van der Waals surface area contributed by atoms with Gasteiger partial charge in [0.25, 0.3) is 0 Å². The number of hydrogen-bond donors (Lipinski definition) is 1. The molecule has 1 N–H and O–H groups in total. The molecule has 0 aliphatic rings. The van der Waals surface area contributed by atoms with Gasteiger partial charge < -0.3 is 14.8 Å². The molecule has 0 radical (unpaired) electrons. The van der Waals surface area contributed by atoms with Gasteiger partial charge in [0.2, 0.25) is 0 Å². The number of anilines is 1. The number of pyridine rings is 1. The van der Waals surface area contributed by atoms with Crippen LogP contribution in [0.1, 0.15) is 27.2 Å². The lowest BCUT2D eigenvalue weighted by Gasteiger charge is -2.22. The van der Waals surface area contributed by atoms with Crippen LogP contribution in [0.15, 0.2) is 24.4 Å². The number of aromatic nitrogens is 1. The summed E-state index contributed by atoms with van der Waals surface area (Å²) in [6.07, 6.45) is 2.88. The molecule has 2 rings (SSSR count). The molecular weight excluding hydrogens is 264 g/mol. The van der Waals surface area contributed by atoms with Gasteiger partial charge in [0, 0.05) is 17.6 Å². The van der Waals surface area contributed by atoms with Gasteiger partial charge in [-0.3, -0.25) is 0 Å². The second-order valence-corrected chi connectivity index (χ2v) is 5.49. The average molecular weight is 288 g/mol. The SMILES string of the molecule is CCC(Nc1nccc2cc(OC)c(OC)cc12)C(C)C. The molecule has 2 aromatic rings. The van der Waals surface area contributed by atoms with Crippen LogP contribution < -0.4 is 14.8 Å². The molecule has 1 aromatic carbocycles. The summed E-state index contributed by atoms with van der Waals surface area (Å²) in [6.45, 7) is 6.62. The number of nitrogens with one attached hydrogen (secondary N) is 1. The minimum Gasteiger partial charge on any atom is -0.493 e. The molecule has 4 nitrogen and oxygen atoms in total. The number of ether oxygens (including phenoxy) is 2. The van der Waals surface area contributed by atoms with E-state index in [1.165, 1.54) is 0 Å². The number of fused-ring (bicyclic) bond motifs is 1. The van der Waals surface area contributed by atoms with Gasteiger partial charge in [0.05, 0.1) is 14.2 Å². The monoisotopic (exact) mass is 288 g/mol. The minimum atomic E-state index is 0.399. The van der Waals surface area contributed by atoms with Crippen molar-refractivity contribution in [3.63, 3.8) is 0 Å². The van der Waals surface area contributed by atoms with E-state index in [0.717, 1.165) is 34.5 Å². The van der Waals surface area contributed by atoms with Crippen molar-refractivity contribution in [1.29, 1.82) is 0 Å². The van der Waals surface area contributed by atoms with Gasteiger partial charge in [0.15, 0.2) is 11.5 Å². The second kappa shape index (κ2) is 6.66. The predicted octanol–water partition coefficient (Wildman–Crippen LogP) is 4.10. The standard InChI is InChI=1S/C17H24N2O2/c1-6-14(11(2)3)19-17-13-10-16(21-5)15(20-4)9-12(13)7-8-18-17/h7-11,14H,6H2,1-5H3,(H,18,19). The molecule has 0 saturated carbocycles. The molecule has 1 aromatic heterocycles. The van der Waals surface area contributed by atoms with E-state index >= 15 is 0 Å². The van der Waals surface area contributed by atoms with Crippen molar-refractivity contribution in [3.05, 3.63) is 24.4 Å². The molecule has 0 bridgehead atoms. The summed E-state index contributed by atoms with van der Waals surface area (Å²) >= 11 is 0. The lowest BCUT2D eigenvalue weighted by Crippen LogP contribution is -2.25. The Morgan fingerprint density at radius 3 is 2.38 bits per heavy atom. The first-order valence-corrected chi connectivity index (χ1v) is 7.38. The topological polar surface area (TPSA) is 43.4 Å². The molecule has 21 heavy (non-hydrogen) atoms. The average Bonchev–Trinajstić information content (AvgIpc) is 2.50. The van der Waals surface area contributed by atoms with Crippen molar-refractivity contribution in [2.45, 2.75) is 33.2 Å². The van der Waals surface area contributed by atoms with Crippen LogP contribution in [0.3, 0.4) is 0 Å². The first kappa shape index (κ1) is 15.4. The lowest BCUT2D eigenvalue weighted by atomic mass is 10.0. The van der Waals surface area contributed by atoms with Crippen LogP contribution in [0.25, 0.3) is 10.8 Å². The molecule has 0 aliphatic carbocycles. The molecule has 0 aliphatic heterocycles. The van der Waals surface area contributed by atoms with Gasteiger partial charge in [-0.05, 0) is 35.9 Å². The zero-order chi connectivity index (χ0) is 15.4. The van der Waals surface area contributed by atoms with Gasteiger partial charge >= 0.3 is 0 Å². The van der Waals surface area contributed by atoms with Gasteiger partial charge in [-0.15, -0.1) is 0 Å². The van der Waals surface area contributed by atoms with E-state index in [1.807, 2.05) is 24.4 Å². The maximum Gasteiger partial charge on any atom is 0.161 e. The fraction of sp³-hybridized carbons (Fsp3) is 0.471. The van der Waals surface area contributed by atoms with E-state index in [0.29, 0.717) is 12.0 Å². The van der Waals surface area contributed by atoms with Gasteiger partial charge in [-0.25, -0.2) is 4.98 Å². The predicted molar refractivity (Wildman–Crippen MR) is 87.4 cm³/mol. The van der Waals surface area contributed by atoms with Crippen molar-refractivity contribution >= 4 is 16.6 Å². The van der Waals surface area contributed by atoms with E-state index < -0.39 is 0 Å². The summed E-state index contributed by atoms with van der Waals surface area (Å²) < 4.78 is 10.8. The van der Waals surface area contributed by atoms with Crippen LogP contribution in [0.5, 0.6) is 11.5 Å². The third kappa shape index (κ3) is 3.20. The van der Waals surface area contributed by atoms with Crippen LogP contribution in [0.2, 0.25) is 0 Å². The van der Waals surface area contributed by atoms with Crippen molar-refractivity contribution in [3.8, 4) is 11.5 Å². The normalized spacial score (nSPS) is 12.5. The third-order valence-corrected chi connectivity index (χ3v) is 3.84. The summed E-state index contributed by atoms with van der Waals surface area (Å²) in [5.41, 5.74) is 0. The first-order chi connectivity index (χ1) is 10.1. The van der Waals surface area contributed by atoms with Crippen molar-refractivity contribution in [1.82, 2.24) is 4.98 Å². The van der Waals surface area contributed by atoms with Crippen molar-refractivity contribution in [2.24, 2.45) is 5.92 Å². The Bertz CT molecular complexity index is 611. The van der Waals surface area contributed by atoms with Gasteiger partial charge in [-0.2, -0.15) is 0 Å². The van der Waals surface area contributed by atoms with Gasteiger partial charge in [0.1, 0.15) is 5.82 Å². The Kier molecular flexibility index (Phi) is 4.89. The maximum absolute atomic E-state index is 5.40. The lowest BCUT2D eigenvalue weighted by molar-refractivity contribution is 0.356. The van der Waals surface area contributed by atoms with Crippen LogP contribution in [0, 0.1) is 5.92 Å². The fourth-order valence-electron chi connectivity index (χ4n) is 2.53. The zero-order valence-corrected chi connectivity index (χ0v) is 13.4. The smallest absolute Gasteiger partial charge is 0.161 e. The number of hydrogen-bond acceptors (Lipinski definition) is 4. The number of benzene rings is 1. The van der Waals surface area contributed by atoms with Gasteiger partial charge in [-0.1, -0.05) is 20.8 Å². The molecule has 0 fully saturated rings. The first-order valence-electron chi connectivity index (χ1n) is 7.38.